The number of hydrogen-bond acceptors (Lipinski definition) is 7. The Bertz CT molecular complexity index is 1280. The number of nitrogens with zero attached hydrogens (tertiary/aromatic N) is 3. The molecule has 2 fully saturated rings. The van der Waals surface area contributed by atoms with Crippen LogP contribution in [0, 0.1) is 24.6 Å². The van der Waals surface area contributed by atoms with Gasteiger partial charge in [0.05, 0.1) is 23.1 Å². The van der Waals surface area contributed by atoms with Gasteiger partial charge in [-0.15, -0.1) is 0 Å². The number of ketones is 1. The summed E-state index contributed by atoms with van der Waals surface area (Å²) in [5.74, 6) is 0.602. The zero-order valence-corrected chi connectivity index (χ0v) is 24.0. The first-order chi connectivity index (χ1) is 19.3. The van der Waals surface area contributed by atoms with Gasteiger partial charge in [-0.25, -0.2) is 14.2 Å². The van der Waals surface area contributed by atoms with Gasteiger partial charge in [0.1, 0.15) is 5.82 Å². The number of Topliss-reactive ketones (excluding diaryl/α,β-unsaturated/α-hetero) is 1. The normalized spacial score (nSPS) is 22.2. The van der Waals surface area contributed by atoms with Crippen molar-refractivity contribution in [3.63, 3.8) is 0 Å². The number of anilines is 1. The molecule has 0 radical (unpaired) electrons. The fourth-order valence-corrected chi connectivity index (χ4v) is 6.94. The molecule has 5 rings (SSSR count). The van der Waals surface area contributed by atoms with E-state index in [1.807, 2.05) is 18.2 Å². The number of piperidine rings is 2. The van der Waals surface area contributed by atoms with Gasteiger partial charge in [-0.05, 0) is 81.3 Å². The topological polar surface area (TPSA) is 90.7 Å². The smallest absolute Gasteiger partial charge is 0.321 e. The lowest BCUT2D eigenvalue weighted by atomic mass is 9.87. The Labute approximate surface area is 239 Å². The Morgan fingerprint density at radius 3 is 2.65 bits per heavy atom. The van der Waals surface area contributed by atoms with E-state index in [0.717, 1.165) is 64.1 Å². The van der Waals surface area contributed by atoms with Gasteiger partial charge in [0.2, 0.25) is 0 Å². The number of likely N-dealkylation sites (tertiary alicyclic amines) is 2. The van der Waals surface area contributed by atoms with Crippen molar-refractivity contribution < 1.29 is 18.4 Å². The van der Waals surface area contributed by atoms with Crippen LogP contribution >= 0.6 is 11.3 Å². The van der Waals surface area contributed by atoms with Gasteiger partial charge in [0, 0.05) is 44.7 Å². The molecular weight excluding hydrogens is 529 g/mol. The number of urea groups is 1. The molecule has 1 aromatic carbocycles. The third-order valence-electron chi connectivity index (χ3n) is 8.01. The summed E-state index contributed by atoms with van der Waals surface area (Å²) in [7, 11) is 0. The first-order valence-corrected chi connectivity index (χ1v) is 14.9. The first kappa shape index (κ1) is 28.4. The lowest BCUT2D eigenvalue weighted by molar-refractivity contribution is 0.0871. The van der Waals surface area contributed by atoms with Gasteiger partial charge in [-0.1, -0.05) is 23.5 Å². The predicted octanol–water partition coefficient (Wildman–Crippen LogP) is 5.35. The Hall–Kier alpha value is -3.08. The Morgan fingerprint density at radius 2 is 1.93 bits per heavy atom. The van der Waals surface area contributed by atoms with Crippen LogP contribution in [0.3, 0.4) is 0 Å². The van der Waals surface area contributed by atoms with Crippen LogP contribution in [0.4, 0.5) is 14.3 Å². The molecule has 0 saturated carbocycles. The maximum atomic E-state index is 13.4. The molecule has 3 aromatic rings. The molecule has 40 heavy (non-hydrogen) atoms. The highest BCUT2D eigenvalue weighted by Gasteiger charge is 2.33. The summed E-state index contributed by atoms with van der Waals surface area (Å²) in [6.45, 7) is 8.76. The largest absolute Gasteiger partial charge is 0.472 e. The molecule has 2 saturated heterocycles. The molecule has 1 unspecified atom stereocenters. The standard InChI is InChI=1S/C30H38FN5O3S/c1-20-28(21(2)37)40-30(32-20)34-29(38)33-27-18-36(16-24-10-13-39-19-24)12-9-25(27)17-35-11-3-4-23(15-35)14-22-5-7-26(31)8-6-22/h5-8,10,13,19,23,25,27H,3-4,9,11-12,14-18H2,1-2H3,(H2,32,33,34,38)/t23?,25-,27-/m0/s1. The van der Waals surface area contributed by atoms with E-state index >= 15 is 0 Å². The number of rotatable bonds is 9. The Morgan fingerprint density at radius 1 is 1.10 bits per heavy atom. The summed E-state index contributed by atoms with van der Waals surface area (Å²) in [6.07, 6.45) is 7.72. The zero-order chi connectivity index (χ0) is 28.1. The predicted molar refractivity (Wildman–Crippen MR) is 154 cm³/mol. The quantitative estimate of drug-likeness (QED) is 0.339. The highest BCUT2D eigenvalue weighted by atomic mass is 32.1. The summed E-state index contributed by atoms with van der Waals surface area (Å²) in [6, 6.07) is 8.53. The van der Waals surface area contributed by atoms with Crippen molar-refractivity contribution in [1.82, 2.24) is 20.1 Å². The van der Waals surface area contributed by atoms with E-state index in [9.17, 15) is 14.0 Å². The van der Waals surface area contributed by atoms with Crippen LogP contribution in [0.5, 0.6) is 0 Å². The van der Waals surface area contributed by atoms with Crippen LogP contribution in [-0.2, 0) is 13.0 Å². The number of furan rings is 1. The van der Waals surface area contributed by atoms with E-state index in [1.54, 1.807) is 31.6 Å². The highest BCUT2D eigenvalue weighted by Crippen LogP contribution is 2.27. The molecule has 2 aliphatic heterocycles. The number of thiazole rings is 1. The lowest BCUT2D eigenvalue weighted by Crippen LogP contribution is -2.56. The number of halogens is 1. The van der Waals surface area contributed by atoms with Gasteiger partial charge in [0.15, 0.2) is 10.9 Å². The molecule has 2 N–H and O–H groups in total. The van der Waals surface area contributed by atoms with Crippen molar-refractivity contribution in [3.05, 3.63) is 70.4 Å². The number of amides is 2. The summed E-state index contributed by atoms with van der Waals surface area (Å²) >= 11 is 1.21. The van der Waals surface area contributed by atoms with Gasteiger partial charge >= 0.3 is 6.03 Å². The number of nitrogens with one attached hydrogen (secondary N) is 2. The summed E-state index contributed by atoms with van der Waals surface area (Å²) in [4.78, 5) is 34.8. The molecular formula is C30H38FN5O3S. The molecule has 0 bridgehead atoms. The average molecular weight is 568 g/mol. The molecule has 0 aliphatic carbocycles. The van der Waals surface area contributed by atoms with E-state index in [1.165, 1.54) is 30.2 Å². The van der Waals surface area contributed by atoms with Crippen LogP contribution in [0.2, 0.25) is 0 Å². The van der Waals surface area contributed by atoms with E-state index in [2.05, 4.69) is 25.4 Å². The molecule has 214 valence electrons. The minimum atomic E-state index is -0.295. The van der Waals surface area contributed by atoms with E-state index in [0.29, 0.717) is 27.5 Å². The van der Waals surface area contributed by atoms with Crippen molar-refractivity contribution in [2.24, 2.45) is 11.8 Å². The monoisotopic (exact) mass is 567 g/mol. The van der Waals surface area contributed by atoms with Crippen molar-refractivity contribution in [1.29, 1.82) is 0 Å². The van der Waals surface area contributed by atoms with E-state index < -0.39 is 0 Å². The van der Waals surface area contributed by atoms with Crippen LogP contribution in [0.15, 0.2) is 47.3 Å². The molecule has 3 atom stereocenters. The fourth-order valence-electron chi connectivity index (χ4n) is 6.08. The zero-order valence-electron chi connectivity index (χ0n) is 23.2. The van der Waals surface area contributed by atoms with Crippen molar-refractivity contribution in [2.75, 3.05) is 38.0 Å². The lowest BCUT2D eigenvalue weighted by Gasteiger charge is -2.42. The molecule has 0 spiro atoms. The van der Waals surface area contributed by atoms with Gasteiger partial charge in [0.25, 0.3) is 0 Å². The fraction of sp³-hybridized carbons (Fsp3) is 0.500. The van der Waals surface area contributed by atoms with Crippen molar-refractivity contribution >= 4 is 28.3 Å². The third kappa shape index (κ3) is 7.56. The Balaban J connectivity index is 1.22. The summed E-state index contributed by atoms with van der Waals surface area (Å²) in [5.41, 5.74) is 2.94. The molecule has 10 heteroatoms. The number of hydrogen-bond donors (Lipinski definition) is 2. The average Bonchev–Trinajstić information content (AvgIpc) is 3.56. The second-order valence-corrected chi connectivity index (χ2v) is 12.2. The van der Waals surface area contributed by atoms with Crippen LogP contribution in [-0.4, -0.2) is 65.4 Å². The molecule has 2 aromatic heterocycles. The second kappa shape index (κ2) is 13.1. The van der Waals surface area contributed by atoms with Crippen LogP contribution in [0.1, 0.15) is 52.7 Å². The van der Waals surface area contributed by atoms with E-state index in [4.69, 9.17) is 4.42 Å². The molecule has 2 amide bonds. The minimum Gasteiger partial charge on any atom is -0.472 e. The molecule has 2 aliphatic rings. The summed E-state index contributed by atoms with van der Waals surface area (Å²) < 4.78 is 18.6. The van der Waals surface area contributed by atoms with Crippen LogP contribution in [0.25, 0.3) is 0 Å². The van der Waals surface area contributed by atoms with Crippen molar-refractivity contribution in [3.8, 4) is 0 Å². The van der Waals surface area contributed by atoms with Gasteiger partial charge in [-0.2, -0.15) is 0 Å². The maximum Gasteiger partial charge on any atom is 0.321 e. The summed E-state index contributed by atoms with van der Waals surface area (Å²) in [5, 5.41) is 6.53. The first-order valence-electron chi connectivity index (χ1n) is 14.1. The number of aromatic nitrogens is 1. The van der Waals surface area contributed by atoms with Gasteiger partial charge < -0.3 is 14.6 Å². The number of benzene rings is 1. The second-order valence-electron chi connectivity index (χ2n) is 11.2. The van der Waals surface area contributed by atoms with Gasteiger partial charge in [-0.3, -0.25) is 15.0 Å². The van der Waals surface area contributed by atoms with Crippen molar-refractivity contribution in [2.45, 2.75) is 52.1 Å². The SMILES string of the molecule is CC(=O)c1sc(NC(=O)N[C@H]2CN(Cc3ccoc3)CC[C@H]2CN2CCCC(Cc3ccc(F)cc3)C2)nc1C. The maximum absolute atomic E-state index is 13.4. The minimum absolute atomic E-state index is 0.0357. The number of aryl methyl sites for hydroxylation is 1. The van der Waals surface area contributed by atoms with Crippen LogP contribution < -0.4 is 10.6 Å². The third-order valence-corrected chi connectivity index (χ3v) is 9.19. The van der Waals surface area contributed by atoms with E-state index in [-0.39, 0.29) is 23.7 Å². The molecule has 8 nitrogen and oxygen atoms in total. The number of carbonyl (C=O) groups is 2. The number of carbonyl (C=O) groups excluding carboxylic acids is 2. The molecule has 4 heterocycles. The Kier molecular flexibility index (Phi) is 9.29. The highest BCUT2D eigenvalue weighted by molar-refractivity contribution is 7.17.